The Morgan fingerprint density at radius 2 is 1.05 bits per heavy atom. The van der Waals surface area contributed by atoms with Crippen molar-refractivity contribution in [2.75, 3.05) is 0 Å². The third kappa shape index (κ3) is 5.32. The number of rotatable bonds is 10. The largest absolute Gasteiger partial charge is 0.460 e. The van der Waals surface area contributed by atoms with Gasteiger partial charge in [0.2, 0.25) is 0 Å². The van der Waals surface area contributed by atoms with Crippen LogP contribution in [0.2, 0.25) is 0 Å². The van der Waals surface area contributed by atoms with Gasteiger partial charge in [0.05, 0.1) is 6.42 Å². The molecule has 0 aliphatic heterocycles. The van der Waals surface area contributed by atoms with E-state index in [0.717, 1.165) is 19.1 Å². The molecule has 0 saturated carbocycles. The quantitative estimate of drug-likeness (QED) is 0.276. The second-order valence-electron chi connectivity index (χ2n) is 9.51. The Labute approximate surface area is 214 Å². The zero-order valence-electron chi connectivity index (χ0n) is 20.4. The van der Waals surface area contributed by atoms with Crippen LogP contribution in [0.25, 0.3) is 0 Å². The maximum atomic E-state index is 15.0. The van der Waals surface area contributed by atoms with Crippen molar-refractivity contribution >= 4 is 0 Å². The molecule has 2 rings (SSSR count). The Morgan fingerprint density at radius 1 is 0.590 bits per heavy atom. The lowest BCUT2D eigenvalue weighted by atomic mass is 9.73. The number of hydrogen-bond donors (Lipinski definition) is 1. The molecule has 0 heterocycles. The predicted octanol–water partition coefficient (Wildman–Crippen LogP) is 8.93. The molecule has 1 N–H and O–H groups in total. The van der Waals surface area contributed by atoms with Crippen molar-refractivity contribution in [2.24, 2.45) is 0 Å². The number of hydrogen-bond acceptors (Lipinski definition) is 1. The van der Waals surface area contributed by atoms with E-state index in [1.165, 1.54) is 42.5 Å². The molecule has 0 fully saturated rings. The van der Waals surface area contributed by atoms with E-state index in [0.29, 0.717) is 5.56 Å². The van der Waals surface area contributed by atoms with Crippen LogP contribution in [-0.2, 0) is 5.60 Å². The zero-order valence-corrected chi connectivity index (χ0v) is 20.4. The molecule has 2 aromatic rings. The van der Waals surface area contributed by atoms with Crippen LogP contribution >= 0.6 is 0 Å². The summed E-state index contributed by atoms with van der Waals surface area (Å²) in [6, 6.07) is 11.3. The van der Waals surface area contributed by atoms with Crippen molar-refractivity contribution in [3.05, 3.63) is 71.3 Å². The van der Waals surface area contributed by atoms with Gasteiger partial charge in [-0.25, -0.2) is 0 Å². The summed E-state index contributed by atoms with van der Waals surface area (Å²) < 4.78 is 178. The fraction of sp³-hybridized carbons (Fsp3) is 0.520. The molecule has 2 atom stereocenters. The third-order valence-corrected chi connectivity index (χ3v) is 6.56. The van der Waals surface area contributed by atoms with Gasteiger partial charge in [-0.2, -0.15) is 57.1 Å². The highest BCUT2D eigenvalue weighted by Gasteiger charge is 2.90. The topological polar surface area (TPSA) is 20.2 Å². The van der Waals surface area contributed by atoms with Gasteiger partial charge in [0, 0.05) is 5.92 Å². The molecule has 39 heavy (non-hydrogen) atoms. The van der Waals surface area contributed by atoms with Crippen LogP contribution in [0, 0.1) is 0 Å². The molecule has 0 saturated heterocycles. The maximum Gasteiger partial charge on any atom is 0.460 e. The van der Waals surface area contributed by atoms with Crippen LogP contribution in [-0.4, -0.2) is 40.9 Å². The summed E-state index contributed by atoms with van der Waals surface area (Å²) >= 11 is 0. The molecule has 14 heteroatoms. The van der Waals surface area contributed by atoms with Gasteiger partial charge in [0.15, 0.2) is 0 Å². The maximum absolute atomic E-state index is 15.0. The molecule has 0 aliphatic rings. The van der Waals surface area contributed by atoms with Crippen molar-refractivity contribution in [2.45, 2.75) is 80.4 Å². The molecule has 220 valence electrons. The molecule has 0 aliphatic carbocycles. The molecular formula is C25H23F13O. The summed E-state index contributed by atoms with van der Waals surface area (Å²) in [5, 5.41) is 11.4. The highest BCUT2D eigenvalue weighted by Crippen LogP contribution is 2.62. The van der Waals surface area contributed by atoms with E-state index >= 15 is 0 Å². The van der Waals surface area contributed by atoms with E-state index in [1.54, 1.807) is 13.8 Å². The fourth-order valence-electron chi connectivity index (χ4n) is 3.94. The normalized spacial score (nSPS) is 16.8. The standard InChI is InChI=1S/C25H23F13O/c1-14(2)17-10-7-11-18(12-17)19(39,15(3)16-8-5-4-6-9-16)13-20(26,27)21(28,29)22(30,31)23(32,33)24(34,35)25(36,37)38/h4-12,14-15,39H,13H2,1-3H3. The molecule has 0 amide bonds. The van der Waals surface area contributed by atoms with E-state index in [-0.39, 0.29) is 11.5 Å². The summed E-state index contributed by atoms with van der Waals surface area (Å²) in [6.07, 6.45) is -10.3. The van der Waals surface area contributed by atoms with Crippen LogP contribution in [0.3, 0.4) is 0 Å². The van der Waals surface area contributed by atoms with E-state index in [4.69, 9.17) is 0 Å². The molecule has 0 bridgehead atoms. The van der Waals surface area contributed by atoms with E-state index in [1.807, 2.05) is 0 Å². The van der Waals surface area contributed by atoms with Crippen molar-refractivity contribution in [1.82, 2.24) is 0 Å². The van der Waals surface area contributed by atoms with E-state index < -0.39 is 59.3 Å². The fourth-order valence-corrected chi connectivity index (χ4v) is 3.94. The van der Waals surface area contributed by atoms with Crippen LogP contribution in [0.15, 0.2) is 54.6 Å². The van der Waals surface area contributed by atoms with Crippen LogP contribution < -0.4 is 0 Å². The van der Waals surface area contributed by atoms with Crippen LogP contribution in [0.4, 0.5) is 57.1 Å². The van der Waals surface area contributed by atoms with Gasteiger partial charge in [-0.1, -0.05) is 75.4 Å². The zero-order chi connectivity index (χ0) is 30.5. The minimum atomic E-state index is -8.01. The van der Waals surface area contributed by atoms with Crippen molar-refractivity contribution in [3.8, 4) is 0 Å². The molecule has 2 aromatic carbocycles. The summed E-state index contributed by atoms with van der Waals surface area (Å²) in [7, 11) is 0. The SMILES string of the molecule is CC(C)c1cccc(C(O)(CC(F)(F)C(F)(F)C(F)(F)C(F)(F)C(F)(F)C(F)(F)F)C(C)c2ccccc2)c1. The molecule has 0 spiro atoms. The first-order chi connectivity index (χ1) is 17.4. The lowest BCUT2D eigenvalue weighted by Crippen LogP contribution is -2.70. The highest BCUT2D eigenvalue weighted by molar-refractivity contribution is 5.35. The predicted molar refractivity (Wildman–Crippen MR) is 115 cm³/mol. The first kappa shape index (κ1) is 32.7. The van der Waals surface area contributed by atoms with Gasteiger partial charge >= 0.3 is 35.8 Å². The highest BCUT2D eigenvalue weighted by atomic mass is 19.4. The van der Waals surface area contributed by atoms with Crippen molar-refractivity contribution in [1.29, 1.82) is 0 Å². The van der Waals surface area contributed by atoms with Crippen LogP contribution in [0.5, 0.6) is 0 Å². The number of halogens is 13. The lowest BCUT2D eigenvalue weighted by molar-refractivity contribution is -0.441. The third-order valence-electron chi connectivity index (χ3n) is 6.56. The van der Waals surface area contributed by atoms with Gasteiger partial charge in [-0.15, -0.1) is 0 Å². The Hall–Kier alpha value is -2.51. The van der Waals surface area contributed by atoms with Gasteiger partial charge in [0.1, 0.15) is 5.60 Å². The Balaban J connectivity index is 2.72. The summed E-state index contributed by atoms with van der Waals surface area (Å²) in [6.45, 7) is 4.26. The molecule has 0 aromatic heterocycles. The number of aliphatic hydroxyl groups is 1. The summed E-state index contributed by atoms with van der Waals surface area (Å²) in [4.78, 5) is 0. The summed E-state index contributed by atoms with van der Waals surface area (Å²) in [5.41, 5.74) is -3.44. The van der Waals surface area contributed by atoms with E-state index in [9.17, 15) is 62.2 Å². The Kier molecular flexibility index (Phi) is 8.51. The minimum absolute atomic E-state index is 0.00485. The Morgan fingerprint density at radius 3 is 1.51 bits per heavy atom. The lowest BCUT2D eigenvalue weighted by Gasteiger charge is -2.43. The van der Waals surface area contributed by atoms with Gasteiger partial charge < -0.3 is 5.11 Å². The smallest absolute Gasteiger partial charge is 0.384 e. The Bertz CT molecular complexity index is 1130. The van der Waals surface area contributed by atoms with Gasteiger partial charge in [-0.05, 0) is 22.6 Å². The average Bonchev–Trinajstić information content (AvgIpc) is 2.82. The van der Waals surface area contributed by atoms with Gasteiger partial charge in [0.25, 0.3) is 0 Å². The first-order valence-corrected chi connectivity index (χ1v) is 11.2. The second-order valence-corrected chi connectivity index (χ2v) is 9.51. The van der Waals surface area contributed by atoms with Crippen LogP contribution in [0.1, 0.15) is 55.7 Å². The summed E-state index contributed by atoms with van der Waals surface area (Å²) in [5.74, 6) is -39.7. The average molecular weight is 586 g/mol. The monoisotopic (exact) mass is 586 g/mol. The molecule has 1 nitrogen and oxygen atoms in total. The molecule has 2 unspecified atom stereocenters. The number of alkyl halides is 13. The van der Waals surface area contributed by atoms with Crippen molar-refractivity contribution < 1.29 is 62.2 Å². The molecule has 0 radical (unpaired) electrons. The number of benzene rings is 2. The van der Waals surface area contributed by atoms with Gasteiger partial charge in [-0.3, -0.25) is 0 Å². The van der Waals surface area contributed by atoms with Crippen molar-refractivity contribution in [3.63, 3.8) is 0 Å². The first-order valence-electron chi connectivity index (χ1n) is 11.2. The van der Waals surface area contributed by atoms with E-state index in [2.05, 4.69) is 0 Å². The second kappa shape index (κ2) is 10.2. The molecular weight excluding hydrogens is 563 g/mol. The minimum Gasteiger partial charge on any atom is -0.384 e.